The van der Waals surface area contributed by atoms with Crippen LogP contribution >= 0.6 is 0 Å². The lowest BCUT2D eigenvalue weighted by Gasteiger charge is -2.41. The van der Waals surface area contributed by atoms with Crippen LogP contribution in [0.15, 0.2) is 24.3 Å². The Balaban J connectivity index is 2.08. The number of ether oxygens (including phenoxy) is 1. The molecule has 0 aromatic heterocycles. The van der Waals surface area contributed by atoms with Crippen LogP contribution in [-0.2, 0) is 0 Å². The lowest BCUT2D eigenvalue weighted by molar-refractivity contribution is 0.0265. The number of rotatable bonds is 2. The zero-order chi connectivity index (χ0) is 12.5. The predicted molar refractivity (Wildman–Crippen MR) is 71.2 cm³/mol. The number of nitrogen functional groups attached to an aromatic ring is 1. The maximum Gasteiger partial charge on any atom is 0.120 e. The van der Waals surface area contributed by atoms with Crippen molar-refractivity contribution in [1.29, 1.82) is 0 Å². The van der Waals surface area contributed by atoms with Gasteiger partial charge < -0.3 is 15.8 Å². The zero-order valence-corrected chi connectivity index (χ0v) is 10.9. The van der Waals surface area contributed by atoms with E-state index in [9.17, 15) is 0 Å². The van der Waals surface area contributed by atoms with Crippen molar-refractivity contribution >= 4 is 5.69 Å². The zero-order valence-electron chi connectivity index (χ0n) is 10.9. The minimum atomic E-state index is -0.0831. The Bertz CT molecular complexity index is 364. The lowest BCUT2D eigenvalue weighted by Crippen LogP contribution is -2.52. The molecule has 1 aliphatic heterocycles. The molecule has 1 saturated heterocycles. The van der Waals surface area contributed by atoms with E-state index in [-0.39, 0.29) is 5.60 Å². The second kappa shape index (κ2) is 4.57. The van der Waals surface area contributed by atoms with Gasteiger partial charge in [-0.15, -0.1) is 0 Å². The highest BCUT2D eigenvalue weighted by Crippen LogP contribution is 2.30. The van der Waals surface area contributed by atoms with Gasteiger partial charge in [0, 0.05) is 30.6 Å². The summed E-state index contributed by atoms with van der Waals surface area (Å²) in [6.07, 6.45) is 2.06. The summed E-state index contributed by atoms with van der Waals surface area (Å²) < 4.78 is 6.14. The van der Waals surface area contributed by atoms with E-state index in [2.05, 4.69) is 26.1 Å². The number of anilines is 1. The Morgan fingerprint density at radius 2 is 1.71 bits per heavy atom. The van der Waals surface area contributed by atoms with Crippen molar-refractivity contribution < 1.29 is 4.74 Å². The molecule has 0 aliphatic carbocycles. The van der Waals surface area contributed by atoms with Gasteiger partial charge in [0.1, 0.15) is 11.4 Å². The highest BCUT2D eigenvalue weighted by molar-refractivity contribution is 5.41. The van der Waals surface area contributed by atoms with Gasteiger partial charge in [-0.2, -0.15) is 0 Å². The molecule has 2 atom stereocenters. The number of hydrogen-bond donors (Lipinski definition) is 2. The van der Waals surface area contributed by atoms with Gasteiger partial charge in [-0.05, 0) is 45.0 Å². The van der Waals surface area contributed by atoms with Crippen molar-refractivity contribution in [3.63, 3.8) is 0 Å². The predicted octanol–water partition coefficient (Wildman–Crippen LogP) is 2.57. The summed E-state index contributed by atoms with van der Waals surface area (Å²) in [5.74, 6) is 0.906. The molecule has 1 aliphatic rings. The molecule has 94 valence electrons. The molecule has 0 radical (unpaired) electrons. The fourth-order valence-electron chi connectivity index (χ4n) is 2.89. The summed E-state index contributed by atoms with van der Waals surface area (Å²) in [4.78, 5) is 0. The summed E-state index contributed by atoms with van der Waals surface area (Å²) in [6, 6.07) is 8.64. The maximum atomic E-state index is 6.14. The average molecular weight is 234 g/mol. The first kappa shape index (κ1) is 12.2. The van der Waals surface area contributed by atoms with Gasteiger partial charge in [-0.25, -0.2) is 0 Å². The minimum Gasteiger partial charge on any atom is -0.487 e. The standard InChI is InChI=1S/C14H22N2O/c1-10-8-14(3,9-11(2)16-10)17-13-6-4-12(15)5-7-13/h4-7,10-11,16H,8-9,15H2,1-3H3. The molecular weight excluding hydrogens is 212 g/mol. The van der Waals surface area contributed by atoms with E-state index in [0.29, 0.717) is 12.1 Å². The quantitative estimate of drug-likeness (QED) is 0.773. The van der Waals surface area contributed by atoms with Crippen LogP contribution in [0.3, 0.4) is 0 Å². The molecule has 1 heterocycles. The molecule has 1 fully saturated rings. The fourth-order valence-corrected chi connectivity index (χ4v) is 2.89. The summed E-state index contributed by atoms with van der Waals surface area (Å²) >= 11 is 0. The van der Waals surface area contributed by atoms with Crippen molar-refractivity contribution in [3.8, 4) is 5.75 Å². The van der Waals surface area contributed by atoms with Crippen LogP contribution in [-0.4, -0.2) is 17.7 Å². The van der Waals surface area contributed by atoms with Gasteiger partial charge in [0.25, 0.3) is 0 Å². The monoisotopic (exact) mass is 234 g/mol. The number of hydrogen-bond acceptors (Lipinski definition) is 3. The third-order valence-electron chi connectivity index (χ3n) is 3.29. The molecule has 17 heavy (non-hydrogen) atoms. The number of piperidine rings is 1. The van der Waals surface area contributed by atoms with Crippen LogP contribution in [0.2, 0.25) is 0 Å². The van der Waals surface area contributed by atoms with E-state index in [1.807, 2.05) is 24.3 Å². The van der Waals surface area contributed by atoms with E-state index in [1.165, 1.54) is 0 Å². The van der Waals surface area contributed by atoms with Crippen molar-refractivity contribution in [1.82, 2.24) is 5.32 Å². The molecule has 3 nitrogen and oxygen atoms in total. The number of nitrogens with one attached hydrogen (secondary N) is 1. The van der Waals surface area contributed by atoms with E-state index < -0.39 is 0 Å². The Morgan fingerprint density at radius 3 is 2.24 bits per heavy atom. The van der Waals surface area contributed by atoms with Crippen molar-refractivity contribution in [3.05, 3.63) is 24.3 Å². The largest absolute Gasteiger partial charge is 0.487 e. The molecular formula is C14H22N2O. The molecule has 0 spiro atoms. The van der Waals surface area contributed by atoms with Crippen LogP contribution in [0.4, 0.5) is 5.69 Å². The summed E-state index contributed by atoms with van der Waals surface area (Å²) in [5.41, 5.74) is 6.36. The van der Waals surface area contributed by atoms with Gasteiger partial charge in [-0.3, -0.25) is 0 Å². The molecule has 1 aromatic carbocycles. The van der Waals surface area contributed by atoms with Gasteiger partial charge >= 0.3 is 0 Å². The van der Waals surface area contributed by atoms with Gasteiger partial charge in [0.05, 0.1) is 0 Å². The van der Waals surface area contributed by atoms with Gasteiger partial charge in [-0.1, -0.05) is 0 Å². The van der Waals surface area contributed by atoms with E-state index >= 15 is 0 Å². The van der Waals surface area contributed by atoms with E-state index in [0.717, 1.165) is 24.3 Å². The molecule has 2 rings (SSSR count). The Hall–Kier alpha value is -1.22. The number of nitrogens with two attached hydrogens (primary N) is 1. The normalized spacial score (nSPS) is 33.4. The molecule has 1 aromatic rings. The van der Waals surface area contributed by atoms with Gasteiger partial charge in [0.15, 0.2) is 0 Å². The van der Waals surface area contributed by atoms with Gasteiger partial charge in [0.2, 0.25) is 0 Å². The minimum absolute atomic E-state index is 0.0831. The molecule has 0 amide bonds. The molecule has 2 unspecified atom stereocenters. The Labute approximate surface area is 103 Å². The smallest absolute Gasteiger partial charge is 0.120 e. The summed E-state index contributed by atoms with van der Waals surface area (Å²) in [5, 5.41) is 3.53. The SMILES string of the molecule is CC1CC(C)(Oc2ccc(N)cc2)CC(C)N1. The molecule has 0 bridgehead atoms. The van der Waals surface area contributed by atoms with Crippen molar-refractivity contribution in [2.24, 2.45) is 0 Å². The third-order valence-corrected chi connectivity index (χ3v) is 3.29. The fraction of sp³-hybridized carbons (Fsp3) is 0.571. The first-order chi connectivity index (χ1) is 7.97. The summed E-state index contributed by atoms with van der Waals surface area (Å²) in [6.45, 7) is 6.61. The molecule has 3 N–H and O–H groups in total. The summed E-state index contributed by atoms with van der Waals surface area (Å²) in [7, 11) is 0. The van der Waals surface area contributed by atoms with E-state index in [1.54, 1.807) is 0 Å². The highest BCUT2D eigenvalue weighted by atomic mass is 16.5. The van der Waals surface area contributed by atoms with Crippen LogP contribution in [0, 0.1) is 0 Å². The molecule has 3 heteroatoms. The first-order valence-electron chi connectivity index (χ1n) is 6.27. The second-order valence-corrected chi connectivity index (χ2v) is 5.50. The lowest BCUT2D eigenvalue weighted by atomic mass is 9.86. The topological polar surface area (TPSA) is 47.3 Å². The average Bonchev–Trinajstić information content (AvgIpc) is 2.19. The maximum absolute atomic E-state index is 6.14. The van der Waals surface area contributed by atoms with Crippen LogP contribution < -0.4 is 15.8 Å². The number of benzene rings is 1. The van der Waals surface area contributed by atoms with E-state index in [4.69, 9.17) is 10.5 Å². The Morgan fingerprint density at radius 1 is 1.18 bits per heavy atom. The van der Waals surface area contributed by atoms with Crippen LogP contribution in [0.25, 0.3) is 0 Å². The van der Waals surface area contributed by atoms with Crippen LogP contribution in [0.5, 0.6) is 5.75 Å². The highest BCUT2D eigenvalue weighted by Gasteiger charge is 2.35. The van der Waals surface area contributed by atoms with Crippen molar-refractivity contribution in [2.45, 2.75) is 51.3 Å². The third kappa shape index (κ3) is 3.13. The first-order valence-corrected chi connectivity index (χ1v) is 6.27. The van der Waals surface area contributed by atoms with Crippen molar-refractivity contribution in [2.75, 3.05) is 5.73 Å². The Kier molecular flexibility index (Phi) is 3.29. The van der Waals surface area contributed by atoms with Crippen LogP contribution in [0.1, 0.15) is 33.6 Å². The molecule has 0 saturated carbocycles. The second-order valence-electron chi connectivity index (χ2n) is 5.50.